The second kappa shape index (κ2) is 7.86. The highest BCUT2D eigenvalue weighted by molar-refractivity contribution is 6.35. The molecule has 0 aliphatic carbocycles. The van der Waals surface area contributed by atoms with Crippen LogP contribution in [-0.2, 0) is 19.9 Å². The molecule has 8 nitrogen and oxygen atoms in total. The van der Waals surface area contributed by atoms with Crippen LogP contribution in [0.5, 0.6) is 5.75 Å². The fourth-order valence-electron chi connectivity index (χ4n) is 4.53. The Morgan fingerprint density at radius 1 is 1.29 bits per heavy atom. The van der Waals surface area contributed by atoms with Crippen LogP contribution < -0.4 is 26.4 Å². The molecule has 0 saturated carbocycles. The summed E-state index contributed by atoms with van der Waals surface area (Å²) in [4.78, 5) is 38.2. The van der Waals surface area contributed by atoms with Gasteiger partial charge >= 0.3 is 0 Å². The highest BCUT2D eigenvalue weighted by Gasteiger charge is 2.60. The lowest BCUT2D eigenvalue weighted by atomic mass is 9.79. The molecule has 1 fully saturated rings. The van der Waals surface area contributed by atoms with Gasteiger partial charge in [0.15, 0.2) is 0 Å². The van der Waals surface area contributed by atoms with Gasteiger partial charge in [-0.05, 0) is 49.2 Å². The minimum absolute atomic E-state index is 0.0101. The molecule has 2 aliphatic heterocycles. The SMILES string of the molecule is COc1ccc(NC(=O)[C@H]2C[C@H](CC(N)=O)N[C@]23C(=O)Nc2c(Cl)cc(C)cc23)cc1. The first-order chi connectivity index (χ1) is 14.7. The average Bonchev–Trinajstić information content (AvgIpc) is 3.22. The predicted octanol–water partition coefficient (Wildman–Crippen LogP) is 2.30. The van der Waals surface area contributed by atoms with Crippen molar-refractivity contribution in [2.45, 2.75) is 31.3 Å². The van der Waals surface area contributed by atoms with Gasteiger partial charge in [-0.25, -0.2) is 0 Å². The molecule has 2 aromatic rings. The number of primary amides is 1. The molecule has 2 heterocycles. The number of nitrogens with one attached hydrogen (secondary N) is 3. The van der Waals surface area contributed by atoms with Crippen molar-refractivity contribution in [1.29, 1.82) is 0 Å². The first-order valence-electron chi connectivity index (χ1n) is 9.87. The van der Waals surface area contributed by atoms with Crippen LogP contribution in [-0.4, -0.2) is 30.9 Å². The van der Waals surface area contributed by atoms with Gasteiger partial charge in [0.2, 0.25) is 17.7 Å². The van der Waals surface area contributed by atoms with E-state index in [0.29, 0.717) is 27.7 Å². The van der Waals surface area contributed by atoms with Crippen molar-refractivity contribution >= 4 is 40.7 Å². The molecule has 162 valence electrons. The summed E-state index contributed by atoms with van der Waals surface area (Å²) < 4.78 is 5.14. The number of benzene rings is 2. The first kappa shape index (κ1) is 21.1. The van der Waals surface area contributed by atoms with E-state index in [0.717, 1.165) is 5.56 Å². The normalized spacial score (nSPS) is 24.0. The lowest BCUT2D eigenvalue weighted by molar-refractivity contribution is -0.130. The van der Waals surface area contributed by atoms with E-state index in [1.165, 1.54) is 0 Å². The zero-order valence-electron chi connectivity index (χ0n) is 17.1. The van der Waals surface area contributed by atoms with Gasteiger partial charge in [-0.15, -0.1) is 0 Å². The lowest BCUT2D eigenvalue weighted by Crippen LogP contribution is -2.52. The van der Waals surface area contributed by atoms with Gasteiger partial charge in [0.1, 0.15) is 11.3 Å². The molecule has 4 rings (SSSR count). The van der Waals surface area contributed by atoms with Crippen molar-refractivity contribution < 1.29 is 19.1 Å². The molecule has 1 saturated heterocycles. The van der Waals surface area contributed by atoms with E-state index in [-0.39, 0.29) is 24.7 Å². The van der Waals surface area contributed by atoms with Crippen molar-refractivity contribution in [2.24, 2.45) is 11.7 Å². The quantitative estimate of drug-likeness (QED) is 0.566. The molecule has 2 aromatic carbocycles. The molecule has 9 heteroatoms. The number of fused-ring (bicyclic) bond motifs is 2. The average molecular weight is 443 g/mol. The largest absolute Gasteiger partial charge is 0.497 e. The first-order valence-corrected chi connectivity index (χ1v) is 10.3. The van der Waals surface area contributed by atoms with Crippen LogP contribution in [0, 0.1) is 12.8 Å². The van der Waals surface area contributed by atoms with Crippen molar-refractivity contribution in [3.8, 4) is 5.75 Å². The highest BCUT2D eigenvalue weighted by Crippen LogP contribution is 2.50. The van der Waals surface area contributed by atoms with Crippen LogP contribution in [0.2, 0.25) is 5.02 Å². The summed E-state index contributed by atoms with van der Waals surface area (Å²) >= 11 is 6.38. The van der Waals surface area contributed by atoms with Crippen LogP contribution in [0.4, 0.5) is 11.4 Å². The molecule has 0 bridgehead atoms. The van der Waals surface area contributed by atoms with Crippen LogP contribution in [0.3, 0.4) is 0 Å². The molecule has 31 heavy (non-hydrogen) atoms. The Morgan fingerprint density at radius 2 is 2.00 bits per heavy atom. The Morgan fingerprint density at radius 3 is 2.65 bits per heavy atom. The van der Waals surface area contributed by atoms with Gasteiger partial charge in [-0.1, -0.05) is 17.7 Å². The zero-order chi connectivity index (χ0) is 22.3. The molecule has 1 spiro atoms. The third-order valence-corrected chi connectivity index (χ3v) is 6.15. The summed E-state index contributed by atoms with van der Waals surface area (Å²) in [6, 6.07) is 10.1. The van der Waals surface area contributed by atoms with Gasteiger partial charge in [0.05, 0.1) is 23.7 Å². The third-order valence-electron chi connectivity index (χ3n) is 5.85. The van der Waals surface area contributed by atoms with Crippen molar-refractivity contribution in [3.05, 3.63) is 52.5 Å². The van der Waals surface area contributed by atoms with Crippen molar-refractivity contribution in [3.63, 3.8) is 0 Å². The van der Waals surface area contributed by atoms with Crippen LogP contribution >= 0.6 is 11.6 Å². The fourth-order valence-corrected chi connectivity index (χ4v) is 4.85. The number of halogens is 1. The molecule has 0 aromatic heterocycles. The minimum atomic E-state index is -1.35. The summed E-state index contributed by atoms with van der Waals surface area (Å²) in [5.41, 5.74) is 6.56. The third kappa shape index (κ3) is 3.62. The number of hydrogen-bond acceptors (Lipinski definition) is 5. The highest BCUT2D eigenvalue weighted by atomic mass is 35.5. The summed E-state index contributed by atoms with van der Waals surface area (Å²) in [6.07, 6.45) is 0.277. The van der Waals surface area contributed by atoms with Crippen LogP contribution in [0.25, 0.3) is 0 Å². The topological polar surface area (TPSA) is 123 Å². The van der Waals surface area contributed by atoms with Crippen LogP contribution in [0.1, 0.15) is 24.0 Å². The molecule has 0 unspecified atom stereocenters. The van der Waals surface area contributed by atoms with Crippen molar-refractivity contribution in [2.75, 3.05) is 17.7 Å². The van der Waals surface area contributed by atoms with E-state index in [1.807, 2.05) is 13.0 Å². The Labute approximate surface area is 184 Å². The summed E-state index contributed by atoms with van der Waals surface area (Å²) in [6.45, 7) is 1.87. The zero-order valence-corrected chi connectivity index (χ0v) is 17.9. The van der Waals surface area contributed by atoms with E-state index >= 15 is 0 Å². The van der Waals surface area contributed by atoms with Gasteiger partial charge in [0, 0.05) is 23.7 Å². The molecular weight excluding hydrogens is 420 g/mol. The standard InChI is InChI=1S/C22H23ClN4O4/c1-11-7-15-19(17(23)8-11)26-21(30)22(15)16(9-13(27-22)10-18(24)28)20(29)25-12-3-5-14(31-2)6-4-12/h3-8,13,16,27H,9-10H2,1-2H3,(H2,24,28)(H,25,29)(H,26,30)/t13-,16-,22+/m1/s1. The Balaban J connectivity index is 1.73. The van der Waals surface area contributed by atoms with E-state index in [4.69, 9.17) is 22.1 Å². The molecule has 2 aliphatic rings. The maximum Gasteiger partial charge on any atom is 0.250 e. The van der Waals surface area contributed by atoms with E-state index in [9.17, 15) is 14.4 Å². The monoisotopic (exact) mass is 442 g/mol. The van der Waals surface area contributed by atoms with E-state index in [2.05, 4.69) is 16.0 Å². The Kier molecular flexibility index (Phi) is 5.36. The van der Waals surface area contributed by atoms with Crippen molar-refractivity contribution in [1.82, 2.24) is 5.32 Å². The van der Waals surface area contributed by atoms with Gasteiger partial charge in [0.25, 0.3) is 0 Å². The summed E-state index contributed by atoms with van der Waals surface area (Å²) in [5.74, 6) is -1.35. The fraction of sp³-hybridized carbons (Fsp3) is 0.318. The van der Waals surface area contributed by atoms with Gasteiger partial charge in [-0.2, -0.15) is 0 Å². The number of carbonyl (C=O) groups excluding carboxylic acids is 3. The minimum Gasteiger partial charge on any atom is -0.497 e. The number of ether oxygens (including phenoxy) is 1. The van der Waals surface area contributed by atoms with Gasteiger partial charge < -0.3 is 21.1 Å². The summed E-state index contributed by atoms with van der Waals surface area (Å²) in [7, 11) is 1.56. The maximum atomic E-state index is 13.4. The molecule has 3 atom stereocenters. The molecule has 0 radical (unpaired) electrons. The number of aryl methyl sites for hydroxylation is 1. The summed E-state index contributed by atoms with van der Waals surface area (Å²) in [5, 5.41) is 9.33. The number of hydrogen-bond donors (Lipinski definition) is 4. The number of rotatable bonds is 5. The lowest BCUT2D eigenvalue weighted by Gasteiger charge is -2.29. The second-order valence-electron chi connectivity index (χ2n) is 7.95. The molecular formula is C22H23ClN4O4. The number of amides is 3. The van der Waals surface area contributed by atoms with E-state index in [1.54, 1.807) is 37.4 Å². The maximum absolute atomic E-state index is 13.4. The van der Waals surface area contributed by atoms with Crippen LogP contribution in [0.15, 0.2) is 36.4 Å². The Bertz CT molecular complexity index is 1070. The predicted molar refractivity (Wildman–Crippen MR) is 117 cm³/mol. The smallest absolute Gasteiger partial charge is 0.250 e. The number of carbonyl (C=O) groups is 3. The second-order valence-corrected chi connectivity index (χ2v) is 8.36. The number of methoxy groups -OCH3 is 1. The Hall–Kier alpha value is -3.10. The number of nitrogens with two attached hydrogens (primary N) is 1. The van der Waals surface area contributed by atoms with Gasteiger partial charge in [-0.3, -0.25) is 19.7 Å². The van der Waals surface area contributed by atoms with E-state index < -0.39 is 23.4 Å². The molecule has 5 N–H and O–H groups in total. The number of anilines is 2. The molecule has 3 amide bonds.